The lowest BCUT2D eigenvalue weighted by atomic mass is 9.97. The third-order valence-electron chi connectivity index (χ3n) is 5.59. The maximum absolute atomic E-state index is 12.8. The van der Waals surface area contributed by atoms with E-state index in [1.807, 2.05) is 6.07 Å². The molecule has 0 aromatic carbocycles. The molecular formula is C20H29ClN4O2S2. The summed E-state index contributed by atoms with van der Waals surface area (Å²) in [7, 11) is -1.37. The van der Waals surface area contributed by atoms with E-state index in [-0.39, 0.29) is 12.4 Å². The zero-order valence-electron chi connectivity index (χ0n) is 16.8. The van der Waals surface area contributed by atoms with Crippen molar-refractivity contribution in [2.75, 3.05) is 44.7 Å². The van der Waals surface area contributed by atoms with E-state index in [0.717, 1.165) is 61.3 Å². The van der Waals surface area contributed by atoms with Crippen LogP contribution in [0.4, 0.5) is 5.82 Å². The predicted molar refractivity (Wildman–Crippen MR) is 123 cm³/mol. The first-order chi connectivity index (χ1) is 13.5. The fourth-order valence-corrected chi connectivity index (χ4v) is 6.33. The number of likely N-dealkylation sites (N-methyl/N-ethyl adjacent to an activating group) is 1. The van der Waals surface area contributed by atoms with E-state index >= 15 is 0 Å². The van der Waals surface area contributed by atoms with Gasteiger partial charge in [-0.25, -0.2) is 18.1 Å². The van der Waals surface area contributed by atoms with E-state index in [4.69, 9.17) is 0 Å². The Labute approximate surface area is 183 Å². The number of nitrogens with one attached hydrogen (secondary N) is 1. The molecule has 9 heteroatoms. The minimum atomic E-state index is -3.49. The molecule has 0 bridgehead atoms. The van der Waals surface area contributed by atoms with Crippen LogP contribution in [-0.2, 0) is 10.0 Å². The molecule has 0 amide bonds. The molecule has 1 N–H and O–H groups in total. The number of aromatic nitrogens is 1. The molecule has 1 fully saturated rings. The summed E-state index contributed by atoms with van der Waals surface area (Å²) in [5.74, 6) is 0.899. The van der Waals surface area contributed by atoms with Gasteiger partial charge in [-0.15, -0.1) is 23.7 Å². The maximum Gasteiger partial charge on any atom is 0.250 e. The molecule has 3 heterocycles. The average Bonchev–Trinajstić information content (AvgIpc) is 3.15. The Morgan fingerprint density at radius 3 is 2.72 bits per heavy atom. The van der Waals surface area contributed by atoms with E-state index < -0.39 is 10.0 Å². The van der Waals surface area contributed by atoms with Crippen LogP contribution >= 0.6 is 23.7 Å². The molecule has 29 heavy (non-hydrogen) atoms. The summed E-state index contributed by atoms with van der Waals surface area (Å²) in [6.45, 7) is 4.27. The Kier molecular flexibility index (Phi) is 7.56. The molecule has 2 aromatic heterocycles. The highest BCUT2D eigenvalue weighted by atomic mass is 35.5. The molecular weight excluding hydrogens is 428 g/mol. The first-order valence-electron chi connectivity index (χ1n) is 10.0. The summed E-state index contributed by atoms with van der Waals surface area (Å²) in [4.78, 5) is 9.12. The lowest BCUT2D eigenvalue weighted by molar-refractivity contribution is 0.312. The average molecular weight is 457 g/mol. The molecule has 1 aliphatic heterocycles. The molecule has 4 rings (SSSR count). The number of nitrogens with zero attached hydrogens (tertiary/aromatic N) is 3. The summed E-state index contributed by atoms with van der Waals surface area (Å²) in [6, 6.07) is 3.70. The van der Waals surface area contributed by atoms with Crippen molar-refractivity contribution in [2.45, 2.75) is 36.3 Å². The van der Waals surface area contributed by atoms with E-state index in [1.165, 1.54) is 29.8 Å². The fraction of sp³-hybridized carbons (Fsp3) is 0.550. The topological polar surface area (TPSA) is 65.5 Å². The number of hydrogen-bond acceptors (Lipinski definition) is 6. The second kappa shape index (κ2) is 9.75. The largest absolute Gasteiger partial charge is 0.354 e. The second-order valence-electron chi connectivity index (χ2n) is 7.66. The lowest BCUT2D eigenvalue weighted by Gasteiger charge is -2.33. The van der Waals surface area contributed by atoms with Crippen LogP contribution < -0.4 is 9.62 Å². The van der Waals surface area contributed by atoms with Gasteiger partial charge in [-0.3, -0.25) is 0 Å². The number of pyridine rings is 1. The smallest absolute Gasteiger partial charge is 0.250 e. The first-order valence-corrected chi connectivity index (χ1v) is 12.3. The van der Waals surface area contributed by atoms with Crippen molar-refractivity contribution < 1.29 is 8.42 Å². The van der Waals surface area contributed by atoms with E-state index in [9.17, 15) is 8.42 Å². The quantitative estimate of drug-likeness (QED) is 0.672. The number of rotatable bonds is 6. The van der Waals surface area contributed by atoms with Crippen molar-refractivity contribution in [3.05, 3.63) is 30.0 Å². The van der Waals surface area contributed by atoms with Crippen LogP contribution in [0.1, 0.15) is 32.1 Å². The standard InChI is InChI=1S/C20H28N4O2S2.ClH/c1-23-11-13-24(14-12-23)20-17-15-19(27-18(17)8-9-21-20)28(25,26)22-10-7-16-5-3-2-4-6-16;/h5,8-9,15,22H,2-4,6-7,10-14H2,1H3;1H. The van der Waals surface area contributed by atoms with Gasteiger partial charge in [0.25, 0.3) is 0 Å². The molecule has 1 aliphatic carbocycles. The van der Waals surface area contributed by atoms with E-state index in [2.05, 4.69) is 32.6 Å². The van der Waals surface area contributed by atoms with Gasteiger partial charge in [0.2, 0.25) is 10.0 Å². The van der Waals surface area contributed by atoms with Crippen molar-refractivity contribution >= 4 is 49.7 Å². The summed E-state index contributed by atoms with van der Waals surface area (Å²) >= 11 is 1.33. The van der Waals surface area contributed by atoms with Crippen LogP contribution in [-0.4, -0.2) is 58.1 Å². The Morgan fingerprint density at radius 1 is 1.21 bits per heavy atom. The lowest BCUT2D eigenvalue weighted by Crippen LogP contribution is -2.44. The SMILES string of the molecule is CN1CCN(c2nccc3sc(S(=O)(=O)NCCC4=CCCCC4)cc23)CC1.Cl. The van der Waals surface area contributed by atoms with Gasteiger partial charge in [-0.1, -0.05) is 11.6 Å². The summed E-state index contributed by atoms with van der Waals surface area (Å²) in [5.41, 5.74) is 1.38. The van der Waals surface area contributed by atoms with Crippen LogP contribution in [0.25, 0.3) is 10.1 Å². The Hall–Kier alpha value is -1.19. The predicted octanol–water partition coefficient (Wildman–Crippen LogP) is 3.64. The molecule has 6 nitrogen and oxygen atoms in total. The number of hydrogen-bond donors (Lipinski definition) is 1. The third-order valence-corrected chi connectivity index (χ3v) is 8.63. The normalized spacial score (nSPS) is 18.5. The molecule has 1 saturated heterocycles. The number of halogens is 1. The van der Waals surface area contributed by atoms with E-state index in [1.54, 1.807) is 12.3 Å². The highest BCUT2D eigenvalue weighted by Crippen LogP contribution is 2.34. The molecule has 2 aliphatic rings. The number of sulfonamides is 1. The molecule has 160 valence electrons. The number of allylic oxidation sites excluding steroid dienone is 1. The van der Waals surface area contributed by atoms with Gasteiger partial charge in [0.05, 0.1) is 0 Å². The zero-order chi connectivity index (χ0) is 19.6. The van der Waals surface area contributed by atoms with Gasteiger partial charge in [0.15, 0.2) is 0 Å². The van der Waals surface area contributed by atoms with Crippen molar-refractivity contribution in [3.8, 4) is 0 Å². The van der Waals surface area contributed by atoms with Gasteiger partial charge < -0.3 is 9.80 Å². The molecule has 0 unspecified atom stereocenters. The third kappa shape index (κ3) is 5.30. The van der Waals surface area contributed by atoms with Gasteiger partial charge in [0, 0.05) is 49.0 Å². The van der Waals surface area contributed by atoms with Crippen LogP contribution in [0.2, 0.25) is 0 Å². The molecule has 0 radical (unpaired) electrons. The fourth-order valence-electron chi connectivity index (χ4n) is 3.88. The highest BCUT2D eigenvalue weighted by Gasteiger charge is 2.22. The molecule has 0 saturated carbocycles. The van der Waals surface area contributed by atoms with Crippen molar-refractivity contribution in [3.63, 3.8) is 0 Å². The van der Waals surface area contributed by atoms with Crippen molar-refractivity contribution in [2.24, 2.45) is 0 Å². The van der Waals surface area contributed by atoms with Gasteiger partial charge in [-0.2, -0.15) is 0 Å². The Balaban J connectivity index is 0.00000240. The van der Waals surface area contributed by atoms with E-state index in [0.29, 0.717) is 10.8 Å². The summed E-state index contributed by atoms with van der Waals surface area (Å²) in [6.07, 6.45) is 9.55. The van der Waals surface area contributed by atoms with Gasteiger partial charge >= 0.3 is 0 Å². The first kappa shape index (κ1) is 22.5. The van der Waals surface area contributed by atoms with Crippen LogP contribution in [0.3, 0.4) is 0 Å². The van der Waals surface area contributed by atoms with Gasteiger partial charge in [0.1, 0.15) is 10.0 Å². The Bertz CT molecular complexity index is 966. The maximum atomic E-state index is 12.8. The number of fused-ring (bicyclic) bond motifs is 1. The minimum absolute atomic E-state index is 0. The minimum Gasteiger partial charge on any atom is -0.354 e. The van der Waals surface area contributed by atoms with Crippen molar-refractivity contribution in [1.82, 2.24) is 14.6 Å². The molecule has 0 atom stereocenters. The number of thiophene rings is 1. The Morgan fingerprint density at radius 2 is 2.00 bits per heavy atom. The highest BCUT2D eigenvalue weighted by molar-refractivity contribution is 7.91. The number of anilines is 1. The van der Waals surface area contributed by atoms with Crippen molar-refractivity contribution in [1.29, 1.82) is 0 Å². The summed E-state index contributed by atoms with van der Waals surface area (Å²) < 4.78 is 29.8. The second-order valence-corrected chi connectivity index (χ2v) is 10.7. The zero-order valence-corrected chi connectivity index (χ0v) is 19.2. The van der Waals surface area contributed by atoms with Crippen LogP contribution in [0.5, 0.6) is 0 Å². The number of piperazine rings is 1. The summed E-state index contributed by atoms with van der Waals surface area (Å²) in [5, 5.41) is 0.937. The molecule has 2 aromatic rings. The van der Waals surface area contributed by atoms with Crippen LogP contribution in [0.15, 0.2) is 34.2 Å². The molecule has 0 spiro atoms. The monoisotopic (exact) mass is 456 g/mol. The van der Waals surface area contributed by atoms with Crippen LogP contribution in [0, 0.1) is 0 Å². The van der Waals surface area contributed by atoms with Gasteiger partial charge in [-0.05, 0) is 51.3 Å².